The Morgan fingerprint density at radius 3 is 2.67 bits per heavy atom. The number of esters is 2. The van der Waals surface area contributed by atoms with Crippen LogP contribution in [0.15, 0.2) is 24.3 Å². The van der Waals surface area contributed by atoms with Crippen molar-refractivity contribution in [2.75, 3.05) is 24.3 Å². The van der Waals surface area contributed by atoms with Crippen LogP contribution in [0.1, 0.15) is 49.9 Å². The van der Waals surface area contributed by atoms with E-state index in [1.54, 1.807) is 40.9 Å². The van der Waals surface area contributed by atoms with Crippen molar-refractivity contribution in [1.29, 1.82) is 0 Å². The molecule has 1 aromatic rings. The number of hydrogen-bond donors (Lipinski definition) is 1. The third-order valence-electron chi connectivity index (χ3n) is 5.20. The van der Waals surface area contributed by atoms with Gasteiger partial charge in [0.25, 0.3) is 5.91 Å². The number of benzene rings is 1. The molecule has 162 valence electrons. The molecule has 3 rings (SSSR count). The number of rotatable bonds is 8. The molecule has 2 amide bonds. The van der Waals surface area contributed by atoms with Crippen LogP contribution in [0, 0.1) is 0 Å². The van der Waals surface area contributed by atoms with Gasteiger partial charge in [0, 0.05) is 17.9 Å². The minimum atomic E-state index is -0.652. The zero-order valence-electron chi connectivity index (χ0n) is 17.1. The highest BCUT2D eigenvalue weighted by atomic mass is 32.2. The summed E-state index contributed by atoms with van der Waals surface area (Å²) in [6, 6.07) is 5.63. The Balaban J connectivity index is 1.46. The van der Waals surface area contributed by atoms with Gasteiger partial charge in [-0.05, 0) is 44.0 Å². The van der Waals surface area contributed by atoms with Crippen molar-refractivity contribution in [1.82, 2.24) is 4.90 Å². The number of nitrogens with zero attached hydrogens (tertiary/aromatic N) is 1. The van der Waals surface area contributed by atoms with Crippen LogP contribution >= 0.6 is 11.8 Å². The highest BCUT2D eigenvalue weighted by Gasteiger charge is 2.53. The van der Waals surface area contributed by atoms with Crippen LogP contribution in [-0.4, -0.2) is 58.5 Å². The minimum absolute atomic E-state index is 0.0535. The Hall–Kier alpha value is -2.55. The normalized spacial score (nSPS) is 22.5. The molecule has 1 N–H and O–H groups in total. The van der Waals surface area contributed by atoms with Gasteiger partial charge in [0.05, 0.1) is 17.0 Å². The summed E-state index contributed by atoms with van der Waals surface area (Å²) in [5, 5.41) is 2.61. The number of carbonyl (C=O) groups is 4. The fourth-order valence-electron chi connectivity index (χ4n) is 3.51. The maximum absolute atomic E-state index is 12.4. The maximum atomic E-state index is 12.4. The highest BCUT2D eigenvalue weighted by Crippen LogP contribution is 2.47. The fraction of sp³-hybridized carbons (Fsp3) is 0.524. The Bertz CT molecular complexity index is 827. The molecule has 30 heavy (non-hydrogen) atoms. The summed E-state index contributed by atoms with van der Waals surface area (Å²) >= 11 is 1.57. The highest BCUT2D eigenvalue weighted by molar-refractivity contribution is 8.01. The van der Waals surface area contributed by atoms with Crippen molar-refractivity contribution >= 4 is 41.2 Å². The second-order valence-corrected chi connectivity index (χ2v) is 8.99. The fourth-order valence-corrected chi connectivity index (χ4v) is 4.92. The predicted octanol–water partition coefficient (Wildman–Crippen LogP) is 2.58. The van der Waals surface area contributed by atoms with E-state index in [0.717, 1.165) is 12.8 Å². The first kappa shape index (κ1) is 22.1. The largest absolute Gasteiger partial charge is 0.462 e. The molecule has 0 aromatic heterocycles. The van der Waals surface area contributed by atoms with Crippen LogP contribution in [0.4, 0.5) is 5.69 Å². The van der Waals surface area contributed by atoms with Gasteiger partial charge in [-0.1, -0.05) is 13.3 Å². The molecule has 2 aliphatic heterocycles. The summed E-state index contributed by atoms with van der Waals surface area (Å²) in [7, 11) is 0. The number of carbonyl (C=O) groups excluding carboxylic acids is 4. The van der Waals surface area contributed by atoms with E-state index in [4.69, 9.17) is 9.47 Å². The van der Waals surface area contributed by atoms with Gasteiger partial charge in [0.1, 0.15) is 6.04 Å². The standard InChI is InChI=1S/C21H26N2O6S/c1-3-4-11-28-19(26)14-5-7-15(8-6-14)22-17(24)12-29-20(27)16-13-30-21(2)10-9-18(25)23(16)21/h5-8,16H,3-4,9-13H2,1-2H3,(H,22,24)/t16-,21+/m0/s1. The SMILES string of the molecule is CCCCOC(=O)c1ccc(NC(=O)COC(=O)[C@@H]2CS[C@]3(C)CCC(=O)N23)cc1. The molecule has 0 saturated carbocycles. The molecule has 2 heterocycles. The van der Waals surface area contributed by atoms with E-state index < -0.39 is 30.5 Å². The number of hydrogen-bond acceptors (Lipinski definition) is 7. The van der Waals surface area contributed by atoms with Gasteiger partial charge in [-0.25, -0.2) is 9.59 Å². The Kier molecular flexibility index (Phi) is 7.02. The molecular formula is C21H26N2O6S. The van der Waals surface area contributed by atoms with Crippen LogP contribution in [0.25, 0.3) is 0 Å². The van der Waals surface area contributed by atoms with Gasteiger partial charge in [-0.3, -0.25) is 9.59 Å². The number of fused-ring (bicyclic) bond motifs is 1. The molecule has 0 bridgehead atoms. The monoisotopic (exact) mass is 434 g/mol. The van der Waals surface area contributed by atoms with Gasteiger partial charge >= 0.3 is 11.9 Å². The van der Waals surface area contributed by atoms with E-state index in [1.165, 1.54) is 0 Å². The molecule has 2 atom stereocenters. The smallest absolute Gasteiger partial charge is 0.338 e. The van der Waals surface area contributed by atoms with Crippen LogP contribution in [0.2, 0.25) is 0 Å². The van der Waals surface area contributed by atoms with Crippen LogP contribution in [0.5, 0.6) is 0 Å². The average molecular weight is 435 g/mol. The lowest BCUT2D eigenvalue weighted by molar-refractivity contribution is -0.155. The molecule has 0 radical (unpaired) electrons. The summed E-state index contributed by atoms with van der Waals surface area (Å²) < 4.78 is 10.3. The third-order valence-corrected chi connectivity index (χ3v) is 6.70. The topological polar surface area (TPSA) is 102 Å². The summed E-state index contributed by atoms with van der Waals surface area (Å²) in [6.07, 6.45) is 2.89. The number of anilines is 1. The Labute approximate surface area is 179 Å². The van der Waals surface area contributed by atoms with Crippen molar-refractivity contribution in [2.45, 2.75) is 50.4 Å². The lowest BCUT2D eigenvalue weighted by Gasteiger charge is -2.29. The third kappa shape index (κ3) is 4.95. The predicted molar refractivity (Wildman–Crippen MR) is 112 cm³/mol. The number of nitrogens with one attached hydrogen (secondary N) is 1. The van der Waals surface area contributed by atoms with Gasteiger partial charge in [-0.2, -0.15) is 0 Å². The molecule has 8 nitrogen and oxygen atoms in total. The second kappa shape index (κ2) is 9.51. The minimum Gasteiger partial charge on any atom is -0.462 e. The van der Waals surface area contributed by atoms with E-state index in [9.17, 15) is 19.2 Å². The van der Waals surface area contributed by atoms with Crippen LogP contribution < -0.4 is 5.32 Å². The molecule has 1 aromatic carbocycles. The quantitative estimate of drug-likeness (QED) is 0.496. The lowest BCUT2D eigenvalue weighted by atomic mass is 10.2. The van der Waals surface area contributed by atoms with Crippen molar-refractivity contribution in [3.05, 3.63) is 29.8 Å². The molecule has 0 aliphatic carbocycles. The number of amides is 2. The number of ether oxygens (including phenoxy) is 2. The zero-order chi connectivity index (χ0) is 21.7. The van der Waals surface area contributed by atoms with Crippen LogP contribution in [-0.2, 0) is 23.9 Å². The molecular weight excluding hydrogens is 408 g/mol. The second-order valence-electron chi connectivity index (χ2n) is 7.49. The van der Waals surface area contributed by atoms with E-state index in [-0.39, 0.29) is 10.8 Å². The molecule has 0 spiro atoms. The lowest BCUT2D eigenvalue weighted by Crippen LogP contribution is -2.47. The summed E-state index contributed by atoms with van der Waals surface area (Å²) in [5.74, 6) is -1.06. The number of unbranched alkanes of at least 4 members (excludes halogenated alkanes) is 1. The first-order valence-corrected chi connectivity index (χ1v) is 11.0. The van der Waals surface area contributed by atoms with Gasteiger partial charge < -0.3 is 19.7 Å². The van der Waals surface area contributed by atoms with Crippen molar-refractivity contribution in [2.24, 2.45) is 0 Å². The Morgan fingerprint density at radius 2 is 1.97 bits per heavy atom. The molecule has 9 heteroatoms. The van der Waals surface area contributed by atoms with E-state index >= 15 is 0 Å². The van der Waals surface area contributed by atoms with Gasteiger partial charge in [0.15, 0.2) is 6.61 Å². The van der Waals surface area contributed by atoms with Gasteiger partial charge in [0.2, 0.25) is 5.91 Å². The van der Waals surface area contributed by atoms with E-state index in [1.807, 2.05) is 13.8 Å². The summed E-state index contributed by atoms with van der Waals surface area (Å²) in [5.41, 5.74) is 0.868. The van der Waals surface area contributed by atoms with Gasteiger partial charge in [-0.15, -0.1) is 11.8 Å². The molecule has 0 unspecified atom stereocenters. The molecule has 2 fully saturated rings. The molecule has 2 aliphatic rings. The maximum Gasteiger partial charge on any atom is 0.338 e. The zero-order valence-corrected chi connectivity index (χ0v) is 18.0. The van der Waals surface area contributed by atoms with E-state index in [0.29, 0.717) is 36.5 Å². The first-order chi connectivity index (χ1) is 14.3. The van der Waals surface area contributed by atoms with Crippen molar-refractivity contribution < 1.29 is 28.7 Å². The number of thioether (sulfide) groups is 1. The first-order valence-electron chi connectivity index (χ1n) is 10.0. The van der Waals surface area contributed by atoms with Crippen molar-refractivity contribution in [3.8, 4) is 0 Å². The molecule has 2 saturated heterocycles. The van der Waals surface area contributed by atoms with E-state index in [2.05, 4.69) is 5.32 Å². The van der Waals surface area contributed by atoms with Crippen LogP contribution in [0.3, 0.4) is 0 Å². The van der Waals surface area contributed by atoms with Crippen molar-refractivity contribution in [3.63, 3.8) is 0 Å². The Morgan fingerprint density at radius 1 is 1.23 bits per heavy atom. The summed E-state index contributed by atoms with van der Waals surface area (Å²) in [4.78, 5) is 49.7. The summed E-state index contributed by atoms with van der Waals surface area (Å²) in [6.45, 7) is 3.89. The average Bonchev–Trinajstić information content (AvgIpc) is 3.22.